The molecule has 0 bridgehead atoms. The van der Waals surface area contributed by atoms with Gasteiger partial charge in [-0.15, -0.1) is 11.8 Å². The van der Waals surface area contributed by atoms with E-state index in [9.17, 15) is 9.59 Å². The lowest BCUT2D eigenvalue weighted by molar-refractivity contribution is -0.113. The van der Waals surface area contributed by atoms with E-state index in [4.69, 9.17) is 9.47 Å². The molecule has 30 heavy (non-hydrogen) atoms. The lowest BCUT2D eigenvalue weighted by Gasteiger charge is -2.10. The van der Waals surface area contributed by atoms with Gasteiger partial charge in [-0.25, -0.2) is 4.79 Å². The summed E-state index contributed by atoms with van der Waals surface area (Å²) >= 11 is 1.29. The average Bonchev–Trinajstić information content (AvgIpc) is 2.77. The van der Waals surface area contributed by atoms with Crippen molar-refractivity contribution in [3.05, 3.63) is 89.5 Å². The Morgan fingerprint density at radius 1 is 0.967 bits per heavy atom. The van der Waals surface area contributed by atoms with E-state index in [0.29, 0.717) is 21.9 Å². The molecule has 0 fully saturated rings. The summed E-state index contributed by atoms with van der Waals surface area (Å²) < 4.78 is 10.6. The third kappa shape index (κ3) is 6.12. The van der Waals surface area contributed by atoms with Gasteiger partial charge in [-0.05, 0) is 36.8 Å². The van der Waals surface area contributed by atoms with Crippen LogP contribution in [-0.4, -0.2) is 24.7 Å². The largest absolute Gasteiger partial charge is 0.497 e. The van der Waals surface area contributed by atoms with E-state index in [1.807, 2.05) is 49.4 Å². The second-order valence-electron chi connectivity index (χ2n) is 6.63. The molecule has 0 atom stereocenters. The highest BCUT2D eigenvalue weighted by Crippen LogP contribution is 2.24. The predicted octanol–water partition coefficient (Wildman–Crippen LogP) is 5.09. The molecule has 154 valence electrons. The molecule has 0 aliphatic carbocycles. The first-order chi connectivity index (χ1) is 14.5. The second kappa shape index (κ2) is 10.5. The van der Waals surface area contributed by atoms with Crippen LogP contribution >= 0.6 is 11.8 Å². The van der Waals surface area contributed by atoms with E-state index in [-0.39, 0.29) is 18.3 Å². The van der Waals surface area contributed by atoms with Crippen molar-refractivity contribution in [2.45, 2.75) is 18.4 Å². The van der Waals surface area contributed by atoms with E-state index >= 15 is 0 Å². The molecule has 0 spiro atoms. The van der Waals surface area contributed by atoms with Gasteiger partial charge in [0.1, 0.15) is 12.4 Å². The molecule has 0 aliphatic rings. The van der Waals surface area contributed by atoms with Gasteiger partial charge in [0.2, 0.25) is 5.91 Å². The minimum Gasteiger partial charge on any atom is -0.497 e. The number of aryl methyl sites for hydroxylation is 1. The molecule has 0 unspecified atom stereocenters. The van der Waals surface area contributed by atoms with Crippen molar-refractivity contribution < 1.29 is 19.1 Å². The molecule has 3 aromatic rings. The highest BCUT2D eigenvalue weighted by Gasteiger charge is 2.14. The van der Waals surface area contributed by atoms with Gasteiger partial charge in [0.15, 0.2) is 0 Å². The highest BCUT2D eigenvalue weighted by atomic mass is 32.2. The smallest absolute Gasteiger partial charge is 0.339 e. The summed E-state index contributed by atoms with van der Waals surface area (Å²) in [5.41, 5.74) is 3.19. The molecule has 0 saturated carbocycles. The maximum Gasteiger partial charge on any atom is 0.339 e. The Morgan fingerprint density at radius 2 is 1.73 bits per heavy atom. The van der Waals surface area contributed by atoms with Gasteiger partial charge in [0, 0.05) is 16.6 Å². The molecular weight excluding hydrogens is 398 g/mol. The molecule has 0 aromatic heterocycles. The third-order valence-electron chi connectivity index (χ3n) is 4.31. The number of anilines is 1. The van der Waals surface area contributed by atoms with E-state index in [2.05, 4.69) is 5.32 Å². The fourth-order valence-corrected chi connectivity index (χ4v) is 3.55. The number of ether oxygens (including phenoxy) is 2. The number of rotatable bonds is 8. The van der Waals surface area contributed by atoms with Crippen LogP contribution in [0.5, 0.6) is 5.75 Å². The van der Waals surface area contributed by atoms with Gasteiger partial charge in [0.05, 0.1) is 18.4 Å². The van der Waals surface area contributed by atoms with Crippen molar-refractivity contribution in [1.82, 2.24) is 0 Å². The Morgan fingerprint density at radius 3 is 2.50 bits per heavy atom. The Labute approximate surface area is 180 Å². The topological polar surface area (TPSA) is 64.6 Å². The first kappa shape index (κ1) is 21.5. The van der Waals surface area contributed by atoms with Crippen molar-refractivity contribution in [2.24, 2.45) is 0 Å². The first-order valence-corrected chi connectivity index (χ1v) is 10.4. The lowest BCUT2D eigenvalue weighted by Crippen LogP contribution is -2.14. The second-order valence-corrected chi connectivity index (χ2v) is 7.64. The van der Waals surface area contributed by atoms with Crippen LogP contribution in [0.1, 0.15) is 21.5 Å². The van der Waals surface area contributed by atoms with E-state index in [0.717, 1.165) is 11.1 Å². The fourth-order valence-electron chi connectivity index (χ4n) is 2.71. The lowest BCUT2D eigenvalue weighted by atomic mass is 10.2. The number of thioether (sulfide) groups is 1. The van der Waals surface area contributed by atoms with Crippen molar-refractivity contribution in [3.8, 4) is 5.75 Å². The highest BCUT2D eigenvalue weighted by molar-refractivity contribution is 8.00. The molecule has 0 heterocycles. The quantitative estimate of drug-likeness (QED) is 0.405. The van der Waals surface area contributed by atoms with Crippen molar-refractivity contribution in [1.29, 1.82) is 0 Å². The van der Waals surface area contributed by atoms with Crippen molar-refractivity contribution in [2.75, 3.05) is 18.2 Å². The van der Waals surface area contributed by atoms with Gasteiger partial charge >= 0.3 is 5.97 Å². The molecule has 5 nitrogen and oxygen atoms in total. The Hall–Kier alpha value is -3.25. The van der Waals surface area contributed by atoms with Gasteiger partial charge in [0.25, 0.3) is 0 Å². The summed E-state index contributed by atoms with van der Waals surface area (Å²) in [5.74, 6) is 0.254. The summed E-state index contributed by atoms with van der Waals surface area (Å²) in [6.07, 6.45) is 0. The van der Waals surface area contributed by atoms with Crippen LogP contribution in [0, 0.1) is 6.92 Å². The normalized spacial score (nSPS) is 10.3. The van der Waals surface area contributed by atoms with Gasteiger partial charge in [-0.1, -0.05) is 48.0 Å². The molecule has 0 aliphatic heterocycles. The number of esters is 1. The Balaban J connectivity index is 1.58. The van der Waals surface area contributed by atoms with E-state index < -0.39 is 5.97 Å². The van der Waals surface area contributed by atoms with Crippen LogP contribution in [0.4, 0.5) is 5.69 Å². The number of amides is 1. The van der Waals surface area contributed by atoms with Crippen LogP contribution in [0.3, 0.4) is 0 Å². The molecular formula is C24H23NO4S. The number of methoxy groups -OCH3 is 1. The predicted molar refractivity (Wildman–Crippen MR) is 119 cm³/mol. The average molecular weight is 422 g/mol. The standard InChI is InChI=1S/C24H23NO4S/c1-17-10-12-18(13-11-17)15-29-24(27)21-8-3-4-9-22(21)30-16-23(26)25-19-6-5-7-20(14-19)28-2/h3-14H,15-16H2,1-2H3,(H,25,26). The summed E-state index contributed by atoms with van der Waals surface area (Å²) in [5, 5.41) is 2.83. The first-order valence-electron chi connectivity index (χ1n) is 9.43. The monoisotopic (exact) mass is 421 g/mol. The van der Waals surface area contributed by atoms with Crippen LogP contribution in [-0.2, 0) is 16.1 Å². The molecule has 3 aromatic carbocycles. The van der Waals surface area contributed by atoms with Crippen LogP contribution in [0.15, 0.2) is 77.7 Å². The summed E-state index contributed by atoms with van der Waals surface area (Å²) in [4.78, 5) is 25.6. The van der Waals surface area contributed by atoms with Crippen LogP contribution in [0.2, 0.25) is 0 Å². The summed E-state index contributed by atoms with van der Waals surface area (Å²) in [6, 6.07) is 22.1. The number of benzene rings is 3. The zero-order chi connectivity index (χ0) is 21.3. The minimum absolute atomic E-state index is 0.166. The van der Waals surface area contributed by atoms with E-state index in [1.165, 1.54) is 11.8 Å². The van der Waals surface area contributed by atoms with Crippen molar-refractivity contribution in [3.63, 3.8) is 0 Å². The summed E-state index contributed by atoms with van der Waals surface area (Å²) in [6.45, 7) is 2.21. The molecule has 6 heteroatoms. The van der Waals surface area contributed by atoms with Gasteiger partial charge in [-0.3, -0.25) is 4.79 Å². The Kier molecular flexibility index (Phi) is 7.51. The third-order valence-corrected chi connectivity index (χ3v) is 5.38. The zero-order valence-electron chi connectivity index (χ0n) is 16.9. The number of carbonyl (C=O) groups excluding carboxylic acids is 2. The maximum absolute atomic E-state index is 12.6. The van der Waals surface area contributed by atoms with Crippen molar-refractivity contribution >= 4 is 29.3 Å². The number of hydrogen-bond acceptors (Lipinski definition) is 5. The molecule has 3 rings (SSSR count). The number of nitrogens with one attached hydrogen (secondary N) is 1. The Bertz CT molecular complexity index is 1020. The van der Waals surface area contributed by atoms with E-state index in [1.54, 1.807) is 37.4 Å². The SMILES string of the molecule is COc1cccc(NC(=O)CSc2ccccc2C(=O)OCc2ccc(C)cc2)c1. The summed E-state index contributed by atoms with van der Waals surface area (Å²) in [7, 11) is 1.58. The number of carbonyl (C=O) groups is 2. The molecule has 1 N–H and O–H groups in total. The van der Waals surface area contributed by atoms with Crippen LogP contribution < -0.4 is 10.1 Å². The fraction of sp³-hybridized carbons (Fsp3) is 0.167. The molecule has 0 radical (unpaired) electrons. The van der Waals surface area contributed by atoms with Gasteiger partial charge < -0.3 is 14.8 Å². The zero-order valence-corrected chi connectivity index (χ0v) is 17.7. The minimum atomic E-state index is -0.410. The van der Waals surface area contributed by atoms with Gasteiger partial charge in [-0.2, -0.15) is 0 Å². The molecule has 0 saturated heterocycles. The number of hydrogen-bond donors (Lipinski definition) is 1. The maximum atomic E-state index is 12.6. The molecule has 1 amide bonds. The van der Waals surface area contributed by atoms with Crippen LogP contribution in [0.25, 0.3) is 0 Å².